The number of carbonyl (C=O) groups excluding carboxylic acids is 1. The highest BCUT2D eigenvalue weighted by Crippen LogP contribution is 2.44. The molecular weight excluding hydrogens is 397 g/mol. The van der Waals surface area contributed by atoms with Gasteiger partial charge in [0, 0.05) is 31.7 Å². The van der Waals surface area contributed by atoms with Gasteiger partial charge in [-0.3, -0.25) is 9.69 Å². The molecule has 28 heavy (non-hydrogen) atoms. The molecule has 3 saturated heterocycles. The van der Waals surface area contributed by atoms with Crippen LogP contribution in [0.3, 0.4) is 0 Å². The lowest BCUT2D eigenvalue weighted by atomic mass is 9.74. The average molecular weight is 430 g/mol. The Hall–Kier alpha value is -1.01. The highest BCUT2D eigenvalue weighted by Gasteiger charge is 2.45. The number of ether oxygens (including phenoxy) is 1. The number of hydrogen-bond donors (Lipinski definition) is 1. The number of halogens is 2. The first-order valence-electron chi connectivity index (χ1n) is 10.0. The van der Waals surface area contributed by atoms with Crippen LogP contribution in [0.25, 0.3) is 0 Å². The SMILES string of the molecule is COc1ccc([C@H]2CCC[C@H]3[C@@H]4C[C@@H](CN(C(=O)[C@@H](C)N)C4)CN23)cc1.Cl.Cl. The molecule has 0 aromatic heterocycles. The molecule has 0 radical (unpaired) electrons. The van der Waals surface area contributed by atoms with Gasteiger partial charge in [-0.1, -0.05) is 12.1 Å². The molecular formula is C21H33Cl2N3O2. The molecule has 0 spiro atoms. The molecule has 4 rings (SSSR count). The third-order valence-corrected chi connectivity index (χ3v) is 6.59. The molecule has 2 bridgehead atoms. The highest BCUT2D eigenvalue weighted by atomic mass is 35.5. The zero-order valence-corrected chi connectivity index (χ0v) is 18.4. The van der Waals surface area contributed by atoms with Gasteiger partial charge in [0.2, 0.25) is 5.91 Å². The second-order valence-electron chi connectivity index (χ2n) is 8.38. The van der Waals surface area contributed by atoms with Crippen LogP contribution in [0.1, 0.15) is 44.2 Å². The average Bonchev–Trinajstić information content (AvgIpc) is 2.67. The number of benzene rings is 1. The Morgan fingerprint density at radius 3 is 2.50 bits per heavy atom. The number of fused-ring (bicyclic) bond motifs is 4. The van der Waals surface area contributed by atoms with E-state index in [2.05, 4.69) is 29.2 Å². The van der Waals surface area contributed by atoms with Crippen molar-refractivity contribution in [2.45, 2.75) is 50.7 Å². The summed E-state index contributed by atoms with van der Waals surface area (Å²) in [6.07, 6.45) is 5.01. The number of amides is 1. The summed E-state index contributed by atoms with van der Waals surface area (Å²) in [6, 6.07) is 9.31. The van der Waals surface area contributed by atoms with Crippen LogP contribution >= 0.6 is 24.8 Å². The largest absolute Gasteiger partial charge is 0.497 e. The van der Waals surface area contributed by atoms with Gasteiger partial charge >= 0.3 is 0 Å². The number of piperidine rings is 3. The normalized spacial score (nSPS) is 30.3. The smallest absolute Gasteiger partial charge is 0.239 e. The molecule has 5 nitrogen and oxygen atoms in total. The molecule has 5 atom stereocenters. The van der Waals surface area contributed by atoms with E-state index >= 15 is 0 Å². The summed E-state index contributed by atoms with van der Waals surface area (Å²) >= 11 is 0. The number of rotatable bonds is 3. The molecule has 0 aliphatic carbocycles. The Kier molecular flexibility index (Phi) is 8.03. The number of nitrogens with two attached hydrogens (primary N) is 1. The molecule has 0 saturated carbocycles. The zero-order chi connectivity index (χ0) is 18.3. The van der Waals surface area contributed by atoms with Crippen LogP contribution in [0.5, 0.6) is 5.75 Å². The Morgan fingerprint density at radius 2 is 1.86 bits per heavy atom. The monoisotopic (exact) mass is 429 g/mol. The molecule has 0 unspecified atom stereocenters. The van der Waals surface area contributed by atoms with E-state index in [0.717, 1.165) is 25.4 Å². The summed E-state index contributed by atoms with van der Waals surface area (Å²) in [5.41, 5.74) is 7.26. The van der Waals surface area contributed by atoms with E-state index in [1.165, 1.54) is 31.2 Å². The molecule has 3 heterocycles. The van der Waals surface area contributed by atoms with Crippen molar-refractivity contribution in [2.24, 2.45) is 17.6 Å². The third-order valence-electron chi connectivity index (χ3n) is 6.59. The number of methoxy groups -OCH3 is 1. The van der Waals surface area contributed by atoms with Crippen molar-refractivity contribution >= 4 is 30.7 Å². The Labute approximate surface area is 180 Å². The van der Waals surface area contributed by atoms with Crippen LogP contribution in [0.4, 0.5) is 0 Å². The topological polar surface area (TPSA) is 58.8 Å². The molecule has 3 aliphatic heterocycles. The number of hydrogen-bond acceptors (Lipinski definition) is 4. The minimum Gasteiger partial charge on any atom is -0.497 e. The molecule has 2 N–H and O–H groups in total. The van der Waals surface area contributed by atoms with E-state index in [1.54, 1.807) is 14.0 Å². The summed E-state index contributed by atoms with van der Waals surface area (Å²) in [5, 5.41) is 0. The van der Waals surface area contributed by atoms with E-state index in [4.69, 9.17) is 10.5 Å². The maximum Gasteiger partial charge on any atom is 0.239 e. The summed E-state index contributed by atoms with van der Waals surface area (Å²) in [6.45, 7) is 4.66. The third kappa shape index (κ3) is 4.43. The summed E-state index contributed by atoms with van der Waals surface area (Å²) in [5.74, 6) is 2.20. The highest BCUT2D eigenvalue weighted by molar-refractivity contribution is 5.85. The standard InChI is InChI=1S/C21H31N3O2.2ClH/c1-14(22)21(25)23-11-15-10-17(13-23)20-5-3-4-19(24(20)12-15)16-6-8-18(26-2)9-7-16;;/h6-9,14-15,17,19-20H,3-5,10-13,22H2,1-2H3;2*1H/t14-,15+,17-,19-,20+;;/m1../s1. The predicted molar refractivity (Wildman–Crippen MR) is 116 cm³/mol. The fourth-order valence-electron chi connectivity index (χ4n) is 5.46. The molecule has 3 aliphatic rings. The van der Waals surface area contributed by atoms with Crippen molar-refractivity contribution in [2.75, 3.05) is 26.7 Å². The first-order valence-corrected chi connectivity index (χ1v) is 10.0. The van der Waals surface area contributed by atoms with Crippen LogP contribution in [-0.2, 0) is 4.79 Å². The predicted octanol–water partition coefficient (Wildman–Crippen LogP) is 3.26. The molecule has 158 valence electrons. The van der Waals surface area contributed by atoms with Crippen LogP contribution in [0.2, 0.25) is 0 Å². The second kappa shape index (κ2) is 9.66. The second-order valence-corrected chi connectivity index (χ2v) is 8.38. The van der Waals surface area contributed by atoms with Crippen molar-refractivity contribution in [3.63, 3.8) is 0 Å². The first-order chi connectivity index (χ1) is 12.6. The van der Waals surface area contributed by atoms with E-state index < -0.39 is 0 Å². The van der Waals surface area contributed by atoms with Crippen molar-refractivity contribution in [3.8, 4) is 5.75 Å². The van der Waals surface area contributed by atoms with Gasteiger partial charge in [-0.2, -0.15) is 0 Å². The van der Waals surface area contributed by atoms with Crippen molar-refractivity contribution in [1.82, 2.24) is 9.80 Å². The van der Waals surface area contributed by atoms with E-state index in [1.807, 2.05) is 4.90 Å². The van der Waals surface area contributed by atoms with Crippen molar-refractivity contribution in [1.29, 1.82) is 0 Å². The van der Waals surface area contributed by atoms with Gasteiger partial charge in [-0.15, -0.1) is 24.8 Å². The summed E-state index contributed by atoms with van der Waals surface area (Å²) in [7, 11) is 1.71. The van der Waals surface area contributed by atoms with Gasteiger partial charge < -0.3 is 15.4 Å². The summed E-state index contributed by atoms with van der Waals surface area (Å²) in [4.78, 5) is 17.2. The van der Waals surface area contributed by atoms with E-state index in [9.17, 15) is 4.79 Å². The Bertz CT molecular complexity index is 656. The molecule has 1 aromatic carbocycles. The fraction of sp³-hybridized carbons (Fsp3) is 0.667. The number of nitrogens with zero attached hydrogens (tertiary/aromatic N) is 2. The van der Waals surface area contributed by atoms with E-state index in [0.29, 0.717) is 23.9 Å². The maximum absolute atomic E-state index is 12.4. The number of carbonyl (C=O) groups is 1. The van der Waals surface area contributed by atoms with Crippen LogP contribution < -0.4 is 10.5 Å². The Balaban J connectivity index is 0.00000140. The number of likely N-dealkylation sites (tertiary alicyclic amines) is 1. The minimum atomic E-state index is -0.386. The van der Waals surface area contributed by atoms with E-state index in [-0.39, 0.29) is 36.8 Å². The van der Waals surface area contributed by atoms with Gasteiger partial charge in [0.05, 0.1) is 13.2 Å². The quantitative estimate of drug-likeness (QED) is 0.800. The minimum absolute atomic E-state index is 0. The molecule has 3 fully saturated rings. The van der Waals surface area contributed by atoms with Gasteiger partial charge in [-0.05, 0) is 62.1 Å². The maximum atomic E-state index is 12.4. The molecule has 1 amide bonds. The van der Waals surface area contributed by atoms with Gasteiger partial charge in [0.25, 0.3) is 0 Å². The zero-order valence-electron chi connectivity index (χ0n) is 16.8. The lowest BCUT2D eigenvalue weighted by Crippen LogP contribution is -2.61. The van der Waals surface area contributed by atoms with Gasteiger partial charge in [-0.25, -0.2) is 0 Å². The lowest BCUT2D eigenvalue weighted by molar-refractivity contribution is -0.140. The molecule has 7 heteroatoms. The lowest BCUT2D eigenvalue weighted by Gasteiger charge is -2.55. The van der Waals surface area contributed by atoms with Crippen molar-refractivity contribution < 1.29 is 9.53 Å². The van der Waals surface area contributed by atoms with Crippen LogP contribution in [0.15, 0.2) is 24.3 Å². The fourth-order valence-corrected chi connectivity index (χ4v) is 5.46. The molecule has 1 aromatic rings. The van der Waals surface area contributed by atoms with Gasteiger partial charge in [0.1, 0.15) is 5.75 Å². The Morgan fingerprint density at radius 1 is 1.14 bits per heavy atom. The first kappa shape index (κ1) is 23.3. The van der Waals surface area contributed by atoms with Gasteiger partial charge in [0.15, 0.2) is 0 Å². The van der Waals surface area contributed by atoms with Crippen LogP contribution in [0, 0.1) is 11.8 Å². The summed E-state index contributed by atoms with van der Waals surface area (Å²) < 4.78 is 5.32. The van der Waals surface area contributed by atoms with Crippen LogP contribution in [-0.4, -0.2) is 54.5 Å². The van der Waals surface area contributed by atoms with Crippen molar-refractivity contribution in [3.05, 3.63) is 29.8 Å².